The molecule has 1 aliphatic rings. The molecule has 1 saturated carbocycles. The number of thiophene rings is 1. The lowest BCUT2D eigenvalue weighted by molar-refractivity contribution is -0.121. The van der Waals surface area contributed by atoms with Gasteiger partial charge in [-0.25, -0.2) is 0 Å². The van der Waals surface area contributed by atoms with Crippen molar-refractivity contribution in [2.24, 2.45) is 0 Å². The van der Waals surface area contributed by atoms with E-state index < -0.39 is 0 Å². The fourth-order valence-corrected chi connectivity index (χ4v) is 2.48. The smallest absolute Gasteiger partial charge is 0.221 e. The van der Waals surface area contributed by atoms with Gasteiger partial charge in [0.2, 0.25) is 5.91 Å². The minimum atomic E-state index is 0.183. The van der Waals surface area contributed by atoms with Gasteiger partial charge in [-0.1, -0.05) is 0 Å². The number of rotatable bonds is 7. The summed E-state index contributed by atoms with van der Waals surface area (Å²) >= 11 is 1.73. The van der Waals surface area contributed by atoms with Crippen molar-refractivity contribution in [1.82, 2.24) is 10.6 Å². The Bertz CT molecular complexity index is 346. The van der Waals surface area contributed by atoms with Gasteiger partial charge in [0.1, 0.15) is 0 Å². The Labute approximate surface area is 107 Å². The van der Waals surface area contributed by atoms with Gasteiger partial charge >= 0.3 is 0 Å². The van der Waals surface area contributed by atoms with Gasteiger partial charge in [-0.3, -0.25) is 4.79 Å². The van der Waals surface area contributed by atoms with Crippen LogP contribution in [0.1, 0.15) is 31.7 Å². The van der Waals surface area contributed by atoms with Crippen molar-refractivity contribution in [2.45, 2.75) is 44.7 Å². The molecule has 1 heterocycles. The molecule has 0 spiro atoms. The zero-order chi connectivity index (χ0) is 12.1. The maximum atomic E-state index is 11.4. The first-order chi connectivity index (χ1) is 8.24. The Morgan fingerprint density at radius 3 is 3.06 bits per heavy atom. The number of hydrogen-bond donors (Lipinski definition) is 2. The molecule has 0 saturated heterocycles. The first-order valence-electron chi connectivity index (χ1n) is 6.28. The summed E-state index contributed by atoms with van der Waals surface area (Å²) in [6, 6.07) is 3.06. The molecule has 0 aromatic carbocycles. The van der Waals surface area contributed by atoms with Crippen LogP contribution in [0.25, 0.3) is 0 Å². The van der Waals surface area contributed by atoms with Crippen LogP contribution in [-0.2, 0) is 11.2 Å². The average Bonchev–Trinajstić information content (AvgIpc) is 2.93. The van der Waals surface area contributed by atoms with Crippen molar-refractivity contribution in [3.8, 4) is 0 Å². The summed E-state index contributed by atoms with van der Waals surface area (Å²) in [5, 5.41) is 10.7. The number of nitrogens with one attached hydrogen (secondary N) is 2. The summed E-state index contributed by atoms with van der Waals surface area (Å²) in [7, 11) is 0. The van der Waals surface area contributed by atoms with Crippen LogP contribution >= 0.6 is 11.3 Å². The predicted molar refractivity (Wildman–Crippen MR) is 71.3 cm³/mol. The maximum Gasteiger partial charge on any atom is 0.221 e. The third kappa shape index (κ3) is 4.88. The van der Waals surface area contributed by atoms with Crippen LogP contribution in [0.3, 0.4) is 0 Å². The summed E-state index contributed by atoms with van der Waals surface area (Å²) in [5.74, 6) is 0.183. The number of amides is 1. The topological polar surface area (TPSA) is 41.1 Å². The second-order valence-electron chi connectivity index (χ2n) is 4.78. The Hall–Kier alpha value is -0.870. The van der Waals surface area contributed by atoms with Gasteiger partial charge in [0, 0.05) is 25.0 Å². The predicted octanol–water partition coefficient (Wildman–Crippen LogP) is 1.94. The van der Waals surface area contributed by atoms with E-state index in [1.165, 1.54) is 5.56 Å². The lowest BCUT2D eigenvalue weighted by atomic mass is 10.1. The first-order valence-corrected chi connectivity index (χ1v) is 7.22. The van der Waals surface area contributed by atoms with Crippen molar-refractivity contribution < 1.29 is 4.79 Å². The minimum absolute atomic E-state index is 0.183. The zero-order valence-corrected chi connectivity index (χ0v) is 11.1. The Morgan fingerprint density at radius 2 is 2.41 bits per heavy atom. The SMILES string of the molecule is CC(Cc1ccsc1)NCCC(=O)NC1CC1. The van der Waals surface area contributed by atoms with Crippen LogP contribution < -0.4 is 10.6 Å². The molecule has 1 aromatic heterocycles. The molecule has 1 amide bonds. The molecular formula is C13H20N2OS. The molecule has 94 valence electrons. The van der Waals surface area contributed by atoms with E-state index in [-0.39, 0.29) is 5.91 Å². The van der Waals surface area contributed by atoms with Gasteiger partial charge in [0.15, 0.2) is 0 Å². The molecule has 2 rings (SSSR count). The number of hydrogen-bond acceptors (Lipinski definition) is 3. The quantitative estimate of drug-likeness (QED) is 0.778. The standard InChI is InChI=1S/C13H20N2OS/c1-10(8-11-5-7-17-9-11)14-6-4-13(16)15-12-2-3-12/h5,7,9-10,12,14H,2-4,6,8H2,1H3,(H,15,16). The van der Waals surface area contributed by atoms with Crippen molar-refractivity contribution in [3.05, 3.63) is 22.4 Å². The molecule has 0 radical (unpaired) electrons. The van der Waals surface area contributed by atoms with Crippen molar-refractivity contribution >= 4 is 17.2 Å². The highest BCUT2D eigenvalue weighted by Crippen LogP contribution is 2.18. The first kappa shape index (κ1) is 12.6. The second kappa shape index (κ2) is 6.17. The van der Waals surface area contributed by atoms with Crippen LogP contribution in [0.15, 0.2) is 16.8 Å². The van der Waals surface area contributed by atoms with Crippen LogP contribution in [0.4, 0.5) is 0 Å². The fourth-order valence-electron chi connectivity index (χ4n) is 1.79. The van der Waals surface area contributed by atoms with Crippen molar-refractivity contribution in [3.63, 3.8) is 0 Å². The van der Waals surface area contributed by atoms with E-state index in [9.17, 15) is 4.79 Å². The van der Waals surface area contributed by atoms with Crippen LogP contribution in [0.5, 0.6) is 0 Å². The molecule has 0 bridgehead atoms. The van der Waals surface area contributed by atoms with E-state index in [4.69, 9.17) is 0 Å². The van der Waals surface area contributed by atoms with Gasteiger partial charge in [-0.15, -0.1) is 0 Å². The lowest BCUT2D eigenvalue weighted by Crippen LogP contribution is -2.33. The third-order valence-electron chi connectivity index (χ3n) is 2.91. The van der Waals surface area contributed by atoms with E-state index >= 15 is 0 Å². The van der Waals surface area contributed by atoms with Gasteiger partial charge in [-0.2, -0.15) is 11.3 Å². The van der Waals surface area contributed by atoms with Gasteiger partial charge in [0.25, 0.3) is 0 Å². The summed E-state index contributed by atoms with van der Waals surface area (Å²) in [5.41, 5.74) is 1.37. The minimum Gasteiger partial charge on any atom is -0.353 e. The lowest BCUT2D eigenvalue weighted by Gasteiger charge is -2.12. The molecule has 1 aliphatic carbocycles. The van der Waals surface area contributed by atoms with E-state index in [1.54, 1.807) is 11.3 Å². The van der Waals surface area contributed by atoms with E-state index in [0.717, 1.165) is 25.8 Å². The van der Waals surface area contributed by atoms with Crippen molar-refractivity contribution in [1.29, 1.82) is 0 Å². The molecule has 3 nitrogen and oxygen atoms in total. The van der Waals surface area contributed by atoms with Crippen LogP contribution in [0, 0.1) is 0 Å². The molecule has 17 heavy (non-hydrogen) atoms. The molecular weight excluding hydrogens is 232 g/mol. The third-order valence-corrected chi connectivity index (χ3v) is 3.64. The Kier molecular flexibility index (Phi) is 4.57. The average molecular weight is 252 g/mol. The number of carbonyl (C=O) groups is 1. The van der Waals surface area contributed by atoms with E-state index in [1.807, 2.05) is 0 Å². The second-order valence-corrected chi connectivity index (χ2v) is 5.56. The normalized spacial score (nSPS) is 16.8. The molecule has 1 atom stereocenters. The number of carbonyl (C=O) groups excluding carboxylic acids is 1. The van der Waals surface area contributed by atoms with E-state index in [2.05, 4.69) is 34.4 Å². The molecule has 1 unspecified atom stereocenters. The summed E-state index contributed by atoms with van der Waals surface area (Å²) in [6.45, 7) is 2.93. The van der Waals surface area contributed by atoms with Crippen molar-refractivity contribution in [2.75, 3.05) is 6.54 Å². The molecule has 2 N–H and O–H groups in total. The summed E-state index contributed by atoms with van der Waals surface area (Å²) < 4.78 is 0. The van der Waals surface area contributed by atoms with E-state index in [0.29, 0.717) is 18.5 Å². The summed E-state index contributed by atoms with van der Waals surface area (Å²) in [6.07, 6.45) is 3.94. The fraction of sp³-hybridized carbons (Fsp3) is 0.615. The molecule has 1 aromatic rings. The van der Waals surface area contributed by atoms with Crippen LogP contribution in [0.2, 0.25) is 0 Å². The van der Waals surface area contributed by atoms with Gasteiger partial charge in [0.05, 0.1) is 0 Å². The molecule has 1 fully saturated rings. The Morgan fingerprint density at radius 1 is 1.59 bits per heavy atom. The highest BCUT2D eigenvalue weighted by Gasteiger charge is 2.22. The maximum absolute atomic E-state index is 11.4. The largest absolute Gasteiger partial charge is 0.353 e. The molecule has 4 heteroatoms. The Balaban J connectivity index is 1.56. The van der Waals surface area contributed by atoms with Crippen LogP contribution in [-0.4, -0.2) is 24.5 Å². The monoisotopic (exact) mass is 252 g/mol. The van der Waals surface area contributed by atoms with Gasteiger partial charge < -0.3 is 10.6 Å². The highest BCUT2D eigenvalue weighted by molar-refractivity contribution is 7.07. The molecule has 0 aliphatic heterocycles. The highest BCUT2D eigenvalue weighted by atomic mass is 32.1. The summed E-state index contributed by atoms with van der Waals surface area (Å²) in [4.78, 5) is 11.4. The zero-order valence-electron chi connectivity index (χ0n) is 10.2. The van der Waals surface area contributed by atoms with Gasteiger partial charge in [-0.05, 0) is 48.6 Å².